The highest BCUT2D eigenvalue weighted by Gasteiger charge is 2.26. The third kappa shape index (κ3) is 47.2. The zero-order chi connectivity index (χ0) is 44.6. The number of aliphatic hydroxyl groups is 2. The number of allylic oxidation sites excluding steroid dienone is 12. The Labute approximate surface area is 373 Å². The quantitative estimate of drug-likeness (QED) is 0.0237. The van der Waals surface area contributed by atoms with Crippen LogP contribution in [0.15, 0.2) is 72.9 Å². The number of esters is 1. The van der Waals surface area contributed by atoms with Gasteiger partial charge in [-0.05, 0) is 83.5 Å². The molecule has 61 heavy (non-hydrogen) atoms. The molecule has 0 bridgehead atoms. The first-order chi connectivity index (χ1) is 29.8. The maximum Gasteiger partial charge on any atom is 0.472 e. The fraction of sp³-hybridized carbons (Fsp3) is 0.745. The van der Waals surface area contributed by atoms with Gasteiger partial charge in [0, 0.05) is 13.0 Å². The summed E-state index contributed by atoms with van der Waals surface area (Å²) >= 11 is 0. The van der Waals surface area contributed by atoms with Crippen molar-refractivity contribution >= 4 is 13.8 Å². The molecule has 0 rings (SSSR count). The Morgan fingerprint density at radius 1 is 0.525 bits per heavy atom. The number of phosphoric ester groups is 1. The molecule has 0 fully saturated rings. The molecule has 0 aromatic carbocycles. The van der Waals surface area contributed by atoms with E-state index < -0.39 is 39.2 Å². The lowest BCUT2D eigenvalue weighted by atomic mass is 10.1. The van der Waals surface area contributed by atoms with Gasteiger partial charge in [0.1, 0.15) is 12.2 Å². The van der Waals surface area contributed by atoms with E-state index in [1.807, 2.05) is 0 Å². The lowest BCUT2D eigenvalue weighted by Crippen LogP contribution is -2.29. The van der Waals surface area contributed by atoms with E-state index in [0.29, 0.717) is 13.0 Å². The summed E-state index contributed by atoms with van der Waals surface area (Å²) in [5.41, 5.74) is 0. The Morgan fingerprint density at radius 2 is 0.934 bits per heavy atom. The summed E-state index contributed by atoms with van der Waals surface area (Å²) in [6.45, 7) is 3.38. The van der Waals surface area contributed by atoms with Crippen molar-refractivity contribution in [3.8, 4) is 0 Å². The van der Waals surface area contributed by atoms with Crippen molar-refractivity contribution in [3.05, 3.63) is 72.9 Å². The van der Waals surface area contributed by atoms with Gasteiger partial charge in [0.25, 0.3) is 0 Å². The number of carbonyl (C=O) groups excluding carboxylic acids is 1. The highest BCUT2D eigenvalue weighted by Crippen LogP contribution is 2.43. The Balaban J connectivity index is 4.15. The first kappa shape index (κ1) is 58.9. The molecule has 10 heteroatoms. The van der Waals surface area contributed by atoms with Crippen molar-refractivity contribution in [1.82, 2.24) is 0 Å². The van der Waals surface area contributed by atoms with E-state index in [0.717, 1.165) is 83.5 Å². The minimum Gasteiger partial charge on any atom is -0.457 e. The van der Waals surface area contributed by atoms with Crippen LogP contribution in [0, 0.1) is 0 Å². The number of carbonyl (C=O) groups is 1. The summed E-state index contributed by atoms with van der Waals surface area (Å²) in [4.78, 5) is 22.7. The molecule has 0 aliphatic carbocycles. The average Bonchev–Trinajstić information content (AvgIpc) is 3.25. The molecule has 0 radical (unpaired) electrons. The first-order valence-corrected chi connectivity index (χ1v) is 25.9. The summed E-state index contributed by atoms with van der Waals surface area (Å²) in [5, 5.41) is 18.4. The van der Waals surface area contributed by atoms with Gasteiger partial charge in [0.05, 0.1) is 26.4 Å². The number of ether oxygens (including phenoxy) is 2. The fourth-order valence-electron chi connectivity index (χ4n) is 6.44. The lowest BCUT2D eigenvalue weighted by molar-refractivity contribution is -0.154. The van der Waals surface area contributed by atoms with E-state index in [4.69, 9.17) is 23.6 Å². The van der Waals surface area contributed by atoms with Gasteiger partial charge in [-0.25, -0.2) is 4.57 Å². The molecule has 3 unspecified atom stereocenters. The summed E-state index contributed by atoms with van der Waals surface area (Å²) in [6, 6.07) is 0. The Kier molecular flexibility index (Phi) is 45.7. The molecule has 0 amide bonds. The number of phosphoric acid groups is 1. The van der Waals surface area contributed by atoms with Crippen LogP contribution in [0.3, 0.4) is 0 Å². The summed E-state index contributed by atoms with van der Waals surface area (Å²) in [5.74, 6) is -0.397. The maximum absolute atomic E-state index is 12.7. The Bertz CT molecular complexity index is 1180. The predicted octanol–water partition coefficient (Wildman–Crippen LogP) is 14.1. The van der Waals surface area contributed by atoms with Gasteiger partial charge >= 0.3 is 13.8 Å². The van der Waals surface area contributed by atoms with Crippen molar-refractivity contribution in [3.63, 3.8) is 0 Å². The van der Waals surface area contributed by atoms with Gasteiger partial charge < -0.3 is 24.6 Å². The molecule has 3 atom stereocenters. The van der Waals surface area contributed by atoms with Crippen molar-refractivity contribution < 1.29 is 43.0 Å². The molecule has 9 nitrogen and oxygen atoms in total. The number of unbranched alkanes of at least 4 members (excludes halogenated alkanes) is 20. The van der Waals surface area contributed by atoms with E-state index in [-0.39, 0.29) is 19.6 Å². The second kappa shape index (κ2) is 47.4. The van der Waals surface area contributed by atoms with Gasteiger partial charge in [-0.15, -0.1) is 0 Å². The third-order valence-corrected chi connectivity index (χ3v) is 11.1. The number of hydrogen-bond acceptors (Lipinski definition) is 8. The van der Waals surface area contributed by atoms with Crippen LogP contribution in [0.4, 0.5) is 0 Å². The molecule has 0 heterocycles. The first-order valence-electron chi connectivity index (χ1n) is 24.4. The van der Waals surface area contributed by atoms with Crippen molar-refractivity contribution in [2.24, 2.45) is 0 Å². The molecule has 0 aliphatic rings. The topological polar surface area (TPSA) is 132 Å². The molecule has 0 aromatic rings. The average molecular weight is 879 g/mol. The maximum atomic E-state index is 12.7. The molecular formula is C51H91O9P. The molecule has 0 saturated carbocycles. The monoisotopic (exact) mass is 879 g/mol. The second-order valence-electron chi connectivity index (χ2n) is 16.1. The standard InChI is InChI=1S/C51H91O9P/c1-3-5-7-9-11-13-15-17-19-21-22-23-24-25-26-27-29-31-33-35-37-39-41-43-51(54)60-50(48-59-61(55,56)58-46-49(53)45-52)47-57-44-42-40-38-36-34-32-30-28-20-18-16-14-12-10-8-6-4-2/h5,7,11,13,17,19-20,22-23,25-26,28,49-50,52-53H,3-4,6,8-10,12,14-16,18,21,24,27,29-48H2,1-2H3,(H,55,56)/b7-5-,13-11-,19-17-,23-22-,26-25-,28-20-. The molecular weight excluding hydrogens is 788 g/mol. The number of hydrogen-bond donors (Lipinski definition) is 3. The van der Waals surface area contributed by atoms with Crippen LogP contribution < -0.4 is 0 Å². The predicted molar refractivity (Wildman–Crippen MR) is 256 cm³/mol. The van der Waals surface area contributed by atoms with Gasteiger partial charge in [-0.3, -0.25) is 13.8 Å². The van der Waals surface area contributed by atoms with E-state index in [1.54, 1.807) is 0 Å². The third-order valence-electron chi connectivity index (χ3n) is 10.1. The zero-order valence-corrected chi connectivity index (χ0v) is 39.8. The van der Waals surface area contributed by atoms with Crippen LogP contribution >= 0.6 is 7.82 Å². The smallest absolute Gasteiger partial charge is 0.457 e. The van der Waals surface area contributed by atoms with Crippen LogP contribution in [0.5, 0.6) is 0 Å². The number of aliphatic hydroxyl groups excluding tert-OH is 2. The van der Waals surface area contributed by atoms with Crippen LogP contribution in [0.1, 0.15) is 200 Å². The minimum absolute atomic E-state index is 0.0375. The SMILES string of the molecule is CC/C=C\C/C=C\C/C=C\C/C=C\C/C=C\CCCCCCCCCC(=O)OC(COCCCCCCCC/C=C\CCCCCCCCC)COP(=O)(O)OCC(O)CO. The van der Waals surface area contributed by atoms with Gasteiger partial charge in [-0.1, -0.05) is 183 Å². The van der Waals surface area contributed by atoms with Gasteiger partial charge in [-0.2, -0.15) is 0 Å². The molecule has 0 aromatic heterocycles. The van der Waals surface area contributed by atoms with Crippen LogP contribution in [0.2, 0.25) is 0 Å². The summed E-state index contributed by atoms with van der Waals surface area (Å²) in [7, 11) is -4.53. The van der Waals surface area contributed by atoms with Crippen LogP contribution in [-0.4, -0.2) is 66.3 Å². The second-order valence-corrected chi connectivity index (χ2v) is 17.5. The summed E-state index contributed by atoms with van der Waals surface area (Å²) in [6.07, 6.45) is 57.2. The molecule has 3 N–H and O–H groups in total. The fourth-order valence-corrected chi connectivity index (χ4v) is 7.23. The normalized spacial score (nSPS) is 14.5. The molecule has 0 aliphatic heterocycles. The molecule has 354 valence electrons. The lowest BCUT2D eigenvalue weighted by Gasteiger charge is -2.20. The van der Waals surface area contributed by atoms with E-state index in [9.17, 15) is 19.4 Å². The van der Waals surface area contributed by atoms with Crippen molar-refractivity contribution in [1.29, 1.82) is 0 Å². The summed E-state index contributed by atoms with van der Waals surface area (Å²) < 4.78 is 33.5. The number of rotatable bonds is 46. The van der Waals surface area contributed by atoms with Crippen molar-refractivity contribution in [2.75, 3.05) is 33.0 Å². The van der Waals surface area contributed by atoms with Gasteiger partial charge in [0.15, 0.2) is 0 Å². The van der Waals surface area contributed by atoms with Crippen LogP contribution in [-0.2, 0) is 27.9 Å². The minimum atomic E-state index is -4.53. The van der Waals surface area contributed by atoms with Crippen LogP contribution in [0.25, 0.3) is 0 Å². The largest absolute Gasteiger partial charge is 0.472 e. The Hall–Kier alpha value is -2.10. The van der Waals surface area contributed by atoms with E-state index in [1.165, 1.54) is 89.9 Å². The molecule has 0 spiro atoms. The Morgan fingerprint density at radius 3 is 1.43 bits per heavy atom. The molecule has 0 saturated heterocycles. The van der Waals surface area contributed by atoms with Gasteiger partial charge in [0.2, 0.25) is 0 Å². The highest BCUT2D eigenvalue weighted by atomic mass is 31.2. The van der Waals surface area contributed by atoms with Crippen molar-refractivity contribution in [2.45, 2.75) is 212 Å². The van der Waals surface area contributed by atoms with E-state index >= 15 is 0 Å². The van der Waals surface area contributed by atoms with E-state index in [2.05, 4.69) is 86.8 Å². The highest BCUT2D eigenvalue weighted by molar-refractivity contribution is 7.47. The zero-order valence-electron chi connectivity index (χ0n) is 38.9.